The molecule has 32 heavy (non-hydrogen) atoms. The van der Waals surface area contributed by atoms with Crippen LogP contribution in [-0.2, 0) is 18.9 Å². The maximum Gasteiger partial charge on any atom is 0.234 e. The summed E-state index contributed by atoms with van der Waals surface area (Å²) in [4.78, 5) is 12.5. The second-order valence-corrected chi connectivity index (χ2v) is 8.97. The van der Waals surface area contributed by atoms with Gasteiger partial charge in [0.25, 0.3) is 0 Å². The van der Waals surface area contributed by atoms with Gasteiger partial charge in [-0.25, -0.2) is 0 Å². The van der Waals surface area contributed by atoms with Crippen molar-refractivity contribution in [2.75, 3.05) is 11.1 Å². The molecule has 4 rings (SSSR count). The summed E-state index contributed by atoms with van der Waals surface area (Å²) in [5.74, 6) is 0.768. The van der Waals surface area contributed by atoms with E-state index in [1.165, 1.54) is 17.3 Å². The maximum absolute atomic E-state index is 12.5. The highest BCUT2D eigenvalue weighted by molar-refractivity contribution is 7.99. The number of halogens is 1. The molecular formula is C23H23ClN6OS. The first-order valence-electron chi connectivity index (χ1n) is 10.0. The molecule has 0 atom stereocenters. The molecular weight excluding hydrogens is 444 g/mol. The smallest absolute Gasteiger partial charge is 0.234 e. The largest absolute Gasteiger partial charge is 0.325 e. The van der Waals surface area contributed by atoms with E-state index in [0.29, 0.717) is 21.7 Å². The van der Waals surface area contributed by atoms with Gasteiger partial charge >= 0.3 is 0 Å². The van der Waals surface area contributed by atoms with E-state index in [2.05, 4.69) is 51.8 Å². The van der Waals surface area contributed by atoms with E-state index in [9.17, 15) is 4.79 Å². The van der Waals surface area contributed by atoms with E-state index in [1.807, 2.05) is 37.8 Å². The molecule has 0 fully saturated rings. The number of aryl methyl sites for hydroxylation is 3. The van der Waals surface area contributed by atoms with E-state index in [-0.39, 0.29) is 11.7 Å². The van der Waals surface area contributed by atoms with Crippen LogP contribution in [0.1, 0.15) is 11.1 Å². The minimum atomic E-state index is -0.133. The molecule has 0 bridgehead atoms. The summed E-state index contributed by atoms with van der Waals surface area (Å²) in [5, 5.41) is 17.4. The number of amides is 1. The van der Waals surface area contributed by atoms with Gasteiger partial charge in [0.15, 0.2) is 11.0 Å². The summed E-state index contributed by atoms with van der Waals surface area (Å²) in [6.45, 7) is 3.98. The Kier molecular flexibility index (Phi) is 6.34. The maximum atomic E-state index is 12.5. The highest BCUT2D eigenvalue weighted by Gasteiger charge is 2.19. The van der Waals surface area contributed by atoms with E-state index in [1.54, 1.807) is 16.8 Å². The van der Waals surface area contributed by atoms with Crippen molar-refractivity contribution in [2.24, 2.45) is 14.1 Å². The summed E-state index contributed by atoms with van der Waals surface area (Å²) < 4.78 is 3.66. The number of hydrogen-bond donors (Lipinski definition) is 1. The lowest BCUT2D eigenvalue weighted by molar-refractivity contribution is -0.113. The molecule has 2 aromatic heterocycles. The van der Waals surface area contributed by atoms with Crippen LogP contribution in [0.25, 0.3) is 22.6 Å². The molecule has 1 N–H and O–H groups in total. The standard InChI is InChI=1S/C23H23ClN6OS/c1-14-5-8-16(9-6-14)21-18(12-29(3)28-21)22-26-27-23(30(22)4)32-13-20(31)25-19-11-17(24)10-7-15(19)2/h5-12H,13H2,1-4H3,(H,25,31). The van der Waals surface area contributed by atoms with Crippen molar-refractivity contribution in [3.8, 4) is 22.6 Å². The zero-order valence-corrected chi connectivity index (χ0v) is 19.8. The Morgan fingerprint density at radius 1 is 1.09 bits per heavy atom. The van der Waals surface area contributed by atoms with Gasteiger partial charge in [-0.1, -0.05) is 59.3 Å². The van der Waals surface area contributed by atoms with Gasteiger partial charge in [-0.2, -0.15) is 5.10 Å². The Bertz CT molecular complexity index is 1280. The molecule has 7 nitrogen and oxygen atoms in total. The topological polar surface area (TPSA) is 77.6 Å². The first-order chi connectivity index (χ1) is 15.3. The van der Waals surface area contributed by atoms with Gasteiger partial charge in [-0.3, -0.25) is 9.48 Å². The third-order valence-corrected chi connectivity index (χ3v) is 6.29. The highest BCUT2D eigenvalue weighted by atomic mass is 35.5. The fraction of sp³-hybridized carbons (Fsp3) is 0.217. The summed E-state index contributed by atoms with van der Waals surface area (Å²) in [6, 6.07) is 13.6. The molecule has 164 valence electrons. The van der Waals surface area contributed by atoms with E-state index in [0.717, 1.165) is 22.4 Å². The number of thioether (sulfide) groups is 1. The van der Waals surface area contributed by atoms with Crippen molar-refractivity contribution in [1.29, 1.82) is 0 Å². The lowest BCUT2D eigenvalue weighted by Crippen LogP contribution is -2.15. The summed E-state index contributed by atoms with van der Waals surface area (Å²) in [5.41, 5.74) is 5.59. The molecule has 0 saturated heterocycles. The van der Waals surface area contributed by atoms with Gasteiger partial charge in [0.2, 0.25) is 5.91 Å². The molecule has 1 amide bonds. The average Bonchev–Trinajstić information content (AvgIpc) is 3.32. The Morgan fingerprint density at radius 3 is 2.59 bits per heavy atom. The van der Waals surface area contributed by atoms with Crippen LogP contribution in [0.15, 0.2) is 53.8 Å². The summed E-state index contributed by atoms with van der Waals surface area (Å²) in [7, 11) is 3.78. The van der Waals surface area contributed by atoms with Gasteiger partial charge in [0.1, 0.15) is 5.69 Å². The molecule has 2 aromatic carbocycles. The molecule has 0 aliphatic heterocycles. The molecule has 9 heteroatoms. The van der Waals surface area contributed by atoms with Crippen LogP contribution in [-0.4, -0.2) is 36.2 Å². The normalized spacial score (nSPS) is 11.0. The highest BCUT2D eigenvalue weighted by Crippen LogP contribution is 2.31. The number of hydrogen-bond acceptors (Lipinski definition) is 5. The monoisotopic (exact) mass is 466 g/mol. The number of carbonyl (C=O) groups excluding carboxylic acids is 1. The molecule has 0 aliphatic rings. The van der Waals surface area contributed by atoms with Crippen molar-refractivity contribution in [2.45, 2.75) is 19.0 Å². The molecule has 4 aromatic rings. The van der Waals surface area contributed by atoms with Crippen LogP contribution >= 0.6 is 23.4 Å². The lowest BCUT2D eigenvalue weighted by atomic mass is 10.1. The number of anilines is 1. The lowest BCUT2D eigenvalue weighted by Gasteiger charge is -2.08. The van der Waals surface area contributed by atoms with Crippen LogP contribution < -0.4 is 5.32 Å². The Morgan fingerprint density at radius 2 is 1.84 bits per heavy atom. The van der Waals surface area contributed by atoms with E-state index < -0.39 is 0 Å². The zero-order valence-electron chi connectivity index (χ0n) is 18.3. The van der Waals surface area contributed by atoms with Crippen LogP contribution in [0.3, 0.4) is 0 Å². The number of nitrogens with one attached hydrogen (secondary N) is 1. The third kappa shape index (κ3) is 4.71. The first kappa shape index (κ1) is 22.1. The van der Waals surface area contributed by atoms with Crippen molar-refractivity contribution < 1.29 is 4.79 Å². The molecule has 0 saturated carbocycles. The average molecular weight is 467 g/mol. The van der Waals surface area contributed by atoms with Crippen LogP contribution in [0.4, 0.5) is 5.69 Å². The summed E-state index contributed by atoms with van der Waals surface area (Å²) in [6.07, 6.45) is 1.93. The Balaban J connectivity index is 1.51. The first-order valence-corrected chi connectivity index (χ1v) is 11.4. The van der Waals surface area contributed by atoms with Gasteiger partial charge in [0.05, 0.1) is 11.3 Å². The van der Waals surface area contributed by atoms with Crippen molar-refractivity contribution in [3.05, 3.63) is 64.8 Å². The van der Waals surface area contributed by atoms with Gasteiger partial charge in [-0.05, 0) is 31.5 Å². The second-order valence-electron chi connectivity index (χ2n) is 7.59. The third-order valence-electron chi connectivity index (χ3n) is 5.04. The molecule has 0 aliphatic carbocycles. The number of rotatable bonds is 6. The Hall–Kier alpha value is -3.10. The van der Waals surface area contributed by atoms with Crippen LogP contribution in [0.5, 0.6) is 0 Å². The van der Waals surface area contributed by atoms with E-state index in [4.69, 9.17) is 11.6 Å². The SMILES string of the molecule is Cc1ccc(-c2nn(C)cc2-c2nnc(SCC(=O)Nc3cc(Cl)ccc3C)n2C)cc1. The van der Waals surface area contributed by atoms with Crippen molar-refractivity contribution in [1.82, 2.24) is 24.5 Å². The number of benzene rings is 2. The quantitative estimate of drug-likeness (QED) is 0.409. The number of carbonyl (C=O) groups is 1. The molecule has 0 radical (unpaired) electrons. The predicted octanol–water partition coefficient (Wildman–Crippen LogP) is 4.88. The van der Waals surface area contributed by atoms with Crippen molar-refractivity contribution in [3.63, 3.8) is 0 Å². The fourth-order valence-corrected chi connectivity index (χ4v) is 4.18. The number of nitrogens with zero attached hydrogens (tertiary/aromatic N) is 5. The van der Waals surface area contributed by atoms with Gasteiger partial charge in [0, 0.05) is 36.6 Å². The van der Waals surface area contributed by atoms with Crippen molar-refractivity contribution >= 4 is 35.0 Å². The molecule has 2 heterocycles. The summed E-state index contributed by atoms with van der Waals surface area (Å²) >= 11 is 7.36. The fourth-order valence-electron chi connectivity index (χ4n) is 3.30. The van der Waals surface area contributed by atoms with Gasteiger partial charge in [-0.15, -0.1) is 10.2 Å². The predicted molar refractivity (Wildman–Crippen MR) is 129 cm³/mol. The second kappa shape index (κ2) is 9.18. The van der Waals surface area contributed by atoms with Gasteiger partial charge < -0.3 is 9.88 Å². The zero-order chi connectivity index (χ0) is 22.8. The van der Waals surface area contributed by atoms with E-state index >= 15 is 0 Å². The minimum Gasteiger partial charge on any atom is -0.325 e. The number of aromatic nitrogens is 5. The molecule has 0 spiro atoms. The van der Waals surface area contributed by atoms with Crippen LogP contribution in [0, 0.1) is 13.8 Å². The van der Waals surface area contributed by atoms with Crippen LogP contribution in [0.2, 0.25) is 5.02 Å². The minimum absolute atomic E-state index is 0.133. The Labute approximate surface area is 195 Å². The molecule has 0 unspecified atom stereocenters.